The van der Waals surface area contributed by atoms with Crippen molar-refractivity contribution in [3.63, 3.8) is 0 Å². The van der Waals surface area contributed by atoms with Gasteiger partial charge < -0.3 is 15.7 Å². The molecule has 0 aromatic heterocycles. The molecule has 5 heteroatoms. The second-order valence-electron chi connectivity index (χ2n) is 4.83. The molecular weight excluding hydrogens is 196 g/mol. The van der Waals surface area contributed by atoms with Gasteiger partial charge in [0, 0.05) is 25.0 Å². The summed E-state index contributed by atoms with van der Waals surface area (Å²) in [5, 5.41) is 8.78. The molecule has 1 heterocycles. The highest BCUT2D eigenvalue weighted by molar-refractivity contribution is 5.79. The highest BCUT2D eigenvalue weighted by Crippen LogP contribution is 2.18. The van der Waals surface area contributed by atoms with Crippen LogP contribution in [-0.2, 0) is 9.59 Å². The average Bonchev–Trinajstić information content (AvgIpc) is 2.47. The van der Waals surface area contributed by atoms with E-state index in [1.807, 2.05) is 0 Å². The molecule has 1 atom stereocenters. The number of carbonyl (C=O) groups is 2. The minimum atomic E-state index is -0.822. The van der Waals surface area contributed by atoms with Crippen LogP contribution >= 0.6 is 0 Å². The maximum Gasteiger partial charge on any atom is 0.308 e. The summed E-state index contributed by atoms with van der Waals surface area (Å²) >= 11 is 0. The second kappa shape index (κ2) is 4.18. The van der Waals surface area contributed by atoms with Crippen LogP contribution in [0.15, 0.2) is 0 Å². The quantitative estimate of drug-likeness (QED) is 0.695. The van der Waals surface area contributed by atoms with Crippen LogP contribution < -0.4 is 5.73 Å². The van der Waals surface area contributed by atoms with E-state index in [-0.39, 0.29) is 12.3 Å². The Balaban J connectivity index is 2.47. The van der Waals surface area contributed by atoms with Crippen LogP contribution in [0.1, 0.15) is 26.7 Å². The molecule has 1 saturated heterocycles. The van der Waals surface area contributed by atoms with Crippen LogP contribution in [0.2, 0.25) is 0 Å². The molecule has 0 saturated carbocycles. The fourth-order valence-corrected chi connectivity index (χ4v) is 1.69. The Hall–Kier alpha value is -1.10. The van der Waals surface area contributed by atoms with Gasteiger partial charge in [0.25, 0.3) is 0 Å². The number of rotatable bonds is 3. The summed E-state index contributed by atoms with van der Waals surface area (Å²) in [4.78, 5) is 24.0. The third-order valence-corrected chi connectivity index (χ3v) is 2.50. The zero-order chi connectivity index (χ0) is 11.6. The number of hydrogen-bond donors (Lipinski definition) is 2. The normalized spacial score (nSPS) is 21.8. The number of amides is 1. The van der Waals surface area contributed by atoms with E-state index in [9.17, 15) is 9.59 Å². The predicted octanol–water partition coefficient (Wildman–Crippen LogP) is 0.0469. The molecule has 5 nitrogen and oxygen atoms in total. The minimum Gasteiger partial charge on any atom is -0.481 e. The first-order chi connectivity index (χ1) is 6.79. The standard InChI is InChI=1S/C10H18N2O3/c1-10(2,11)5-8(13)12-4-3-7(6-12)9(14)15/h7H,3-6,11H2,1-2H3,(H,14,15). The van der Waals surface area contributed by atoms with Gasteiger partial charge in [0.1, 0.15) is 0 Å². The van der Waals surface area contributed by atoms with Crippen LogP contribution in [0.4, 0.5) is 0 Å². The smallest absolute Gasteiger partial charge is 0.308 e. The first-order valence-electron chi connectivity index (χ1n) is 5.09. The van der Waals surface area contributed by atoms with Gasteiger partial charge >= 0.3 is 5.97 Å². The van der Waals surface area contributed by atoms with Crippen LogP contribution in [0, 0.1) is 5.92 Å². The first kappa shape index (κ1) is 12.0. The lowest BCUT2D eigenvalue weighted by molar-refractivity contribution is -0.141. The van der Waals surface area contributed by atoms with Gasteiger partial charge in [-0.05, 0) is 20.3 Å². The van der Waals surface area contributed by atoms with Crippen molar-refractivity contribution < 1.29 is 14.7 Å². The summed E-state index contributed by atoms with van der Waals surface area (Å²) in [6, 6.07) is 0. The Morgan fingerprint density at radius 2 is 2.13 bits per heavy atom. The molecule has 0 radical (unpaired) electrons. The van der Waals surface area contributed by atoms with Gasteiger partial charge in [-0.3, -0.25) is 9.59 Å². The number of nitrogens with two attached hydrogens (primary N) is 1. The van der Waals surface area contributed by atoms with Crippen LogP contribution in [0.3, 0.4) is 0 Å². The Morgan fingerprint density at radius 1 is 1.53 bits per heavy atom. The number of carboxylic acids is 1. The van der Waals surface area contributed by atoms with E-state index in [1.54, 1.807) is 18.7 Å². The second-order valence-corrected chi connectivity index (χ2v) is 4.83. The fourth-order valence-electron chi connectivity index (χ4n) is 1.69. The van der Waals surface area contributed by atoms with Crippen LogP contribution in [0.25, 0.3) is 0 Å². The monoisotopic (exact) mass is 214 g/mol. The average molecular weight is 214 g/mol. The molecular formula is C10H18N2O3. The Labute approximate surface area is 89.2 Å². The molecule has 1 amide bonds. The molecule has 1 aliphatic heterocycles. The molecule has 0 aromatic carbocycles. The molecule has 0 spiro atoms. The molecule has 86 valence electrons. The van der Waals surface area contributed by atoms with Gasteiger partial charge in [-0.2, -0.15) is 0 Å². The van der Waals surface area contributed by atoms with Crippen molar-refractivity contribution in [3.05, 3.63) is 0 Å². The van der Waals surface area contributed by atoms with Crippen molar-refractivity contribution >= 4 is 11.9 Å². The van der Waals surface area contributed by atoms with E-state index in [4.69, 9.17) is 10.8 Å². The predicted molar refractivity (Wildman–Crippen MR) is 55.2 cm³/mol. The van der Waals surface area contributed by atoms with Crippen LogP contribution in [-0.4, -0.2) is 40.5 Å². The van der Waals surface area contributed by atoms with Gasteiger partial charge in [0.05, 0.1) is 5.92 Å². The van der Waals surface area contributed by atoms with E-state index in [0.29, 0.717) is 19.5 Å². The third-order valence-electron chi connectivity index (χ3n) is 2.50. The first-order valence-corrected chi connectivity index (χ1v) is 5.09. The SMILES string of the molecule is CC(C)(N)CC(=O)N1CCC(C(=O)O)C1. The molecule has 0 aliphatic carbocycles. The Morgan fingerprint density at radius 3 is 2.53 bits per heavy atom. The van der Waals surface area contributed by atoms with Crippen molar-refractivity contribution in [1.82, 2.24) is 4.90 Å². The van der Waals surface area contributed by atoms with E-state index in [2.05, 4.69) is 0 Å². The Kier molecular flexibility index (Phi) is 3.34. The van der Waals surface area contributed by atoms with E-state index in [0.717, 1.165) is 0 Å². The van der Waals surface area contributed by atoms with Crippen LogP contribution in [0.5, 0.6) is 0 Å². The van der Waals surface area contributed by atoms with Crippen molar-refractivity contribution in [1.29, 1.82) is 0 Å². The lowest BCUT2D eigenvalue weighted by atomic mass is 10.0. The zero-order valence-electron chi connectivity index (χ0n) is 9.19. The molecule has 3 N–H and O–H groups in total. The zero-order valence-corrected chi connectivity index (χ0v) is 9.19. The van der Waals surface area contributed by atoms with Crippen molar-refractivity contribution in [2.45, 2.75) is 32.2 Å². The van der Waals surface area contributed by atoms with Gasteiger partial charge in [-0.15, -0.1) is 0 Å². The molecule has 0 aromatic rings. The maximum absolute atomic E-state index is 11.7. The van der Waals surface area contributed by atoms with Crippen molar-refractivity contribution in [3.8, 4) is 0 Å². The molecule has 1 unspecified atom stereocenters. The molecule has 1 rings (SSSR count). The Bertz CT molecular complexity index is 270. The fraction of sp³-hybridized carbons (Fsp3) is 0.800. The van der Waals surface area contributed by atoms with E-state index < -0.39 is 17.4 Å². The van der Waals surface area contributed by atoms with E-state index in [1.165, 1.54) is 0 Å². The number of nitrogens with zero attached hydrogens (tertiary/aromatic N) is 1. The summed E-state index contributed by atoms with van der Waals surface area (Å²) in [5.41, 5.74) is 5.21. The van der Waals surface area contributed by atoms with Crippen molar-refractivity contribution in [2.75, 3.05) is 13.1 Å². The lowest BCUT2D eigenvalue weighted by Gasteiger charge is -2.22. The third kappa shape index (κ3) is 3.51. The molecule has 1 aliphatic rings. The molecule has 15 heavy (non-hydrogen) atoms. The molecule has 1 fully saturated rings. The summed E-state index contributed by atoms with van der Waals surface area (Å²) < 4.78 is 0. The lowest BCUT2D eigenvalue weighted by Crippen LogP contribution is -2.40. The van der Waals surface area contributed by atoms with Gasteiger partial charge in [-0.1, -0.05) is 0 Å². The minimum absolute atomic E-state index is 0.0498. The van der Waals surface area contributed by atoms with Gasteiger partial charge in [0.15, 0.2) is 0 Å². The highest BCUT2D eigenvalue weighted by Gasteiger charge is 2.32. The van der Waals surface area contributed by atoms with Crippen molar-refractivity contribution in [2.24, 2.45) is 11.7 Å². The summed E-state index contributed by atoms with van der Waals surface area (Å²) in [6.07, 6.45) is 0.811. The number of hydrogen-bond acceptors (Lipinski definition) is 3. The molecule has 0 bridgehead atoms. The maximum atomic E-state index is 11.7. The van der Waals surface area contributed by atoms with Gasteiger partial charge in [-0.25, -0.2) is 0 Å². The topological polar surface area (TPSA) is 83.6 Å². The number of carboxylic acid groups (broad SMARTS) is 1. The van der Waals surface area contributed by atoms with Gasteiger partial charge in [0.2, 0.25) is 5.91 Å². The number of carbonyl (C=O) groups excluding carboxylic acids is 1. The number of likely N-dealkylation sites (tertiary alicyclic amines) is 1. The largest absolute Gasteiger partial charge is 0.481 e. The summed E-state index contributed by atoms with van der Waals surface area (Å²) in [5.74, 6) is -1.28. The van der Waals surface area contributed by atoms with E-state index >= 15 is 0 Å². The summed E-state index contributed by atoms with van der Waals surface area (Å²) in [6.45, 7) is 4.43. The summed E-state index contributed by atoms with van der Waals surface area (Å²) in [7, 11) is 0. The highest BCUT2D eigenvalue weighted by atomic mass is 16.4. The number of aliphatic carboxylic acids is 1.